The van der Waals surface area contributed by atoms with Gasteiger partial charge in [-0.1, -0.05) is 6.07 Å². The normalized spacial score (nSPS) is 10.5. The summed E-state index contributed by atoms with van der Waals surface area (Å²) in [7, 11) is 0. The summed E-state index contributed by atoms with van der Waals surface area (Å²) < 4.78 is 0.864. The molecule has 0 saturated heterocycles. The molecule has 0 saturated carbocycles. The first-order chi connectivity index (χ1) is 7.34. The predicted molar refractivity (Wildman–Crippen MR) is 61.1 cm³/mol. The highest BCUT2D eigenvalue weighted by atomic mass is 79.9. The topological polar surface area (TPSA) is 53.6 Å². The highest BCUT2D eigenvalue weighted by molar-refractivity contribution is 9.10. The number of pyridine rings is 1. The van der Waals surface area contributed by atoms with Crippen LogP contribution in [0, 0.1) is 0 Å². The van der Waals surface area contributed by atoms with Gasteiger partial charge in [0, 0.05) is 25.0 Å². The molecule has 2 N–H and O–H groups in total. The van der Waals surface area contributed by atoms with Crippen LogP contribution in [0.2, 0.25) is 0 Å². The van der Waals surface area contributed by atoms with Crippen molar-refractivity contribution in [2.24, 2.45) is 0 Å². The highest BCUT2D eigenvalue weighted by Gasteiger charge is 1.96. The summed E-state index contributed by atoms with van der Waals surface area (Å²) >= 11 is 3.34. The van der Waals surface area contributed by atoms with Crippen LogP contribution in [0.1, 0.15) is 11.4 Å². The second kappa shape index (κ2) is 5.04. The molecule has 0 aromatic carbocycles. The van der Waals surface area contributed by atoms with Gasteiger partial charge in [0.25, 0.3) is 0 Å². The molecule has 0 amide bonds. The zero-order chi connectivity index (χ0) is 10.5. The minimum atomic E-state index is 0.748. The molecule has 0 unspecified atom stereocenters. The van der Waals surface area contributed by atoms with Gasteiger partial charge in [-0.3, -0.25) is 5.10 Å². The number of nitrogens with zero attached hydrogens (tertiary/aromatic N) is 2. The van der Waals surface area contributed by atoms with Gasteiger partial charge in [0.05, 0.1) is 5.69 Å². The standard InChI is InChI=1S/C10H11BrN4/c11-10-3-1-2-8(14-10)6-12-7-9-4-5-13-15-9/h1-5,12H,6-7H2,(H,13,15). The van der Waals surface area contributed by atoms with E-state index in [1.165, 1.54) is 0 Å². The van der Waals surface area contributed by atoms with Crippen molar-refractivity contribution in [3.05, 3.63) is 46.5 Å². The lowest BCUT2D eigenvalue weighted by molar-refractivity contribution is 0.664. The molecule has 78 valence electrons. The van der Waals surface area contributed by atoms with E-state index in [1.54, 1.807) is 6.20 Å². The number of aromatic amines is 1. The van der Waals surface area contributed by atoms with Gasteiger partial charge in [-0.15, -0.1) is 0 Å². The number of halogens is 1. The van der Waals surface area contributed by atoms with Gasteiger partial charge in [-0.2, -0.15) is 5.10 Å². The van der Waals surface area contributed by atoms with Crippen LogP contribution in [-0.4, -0.2) is 15.2 Å². The fourth-order valence-electron chi connectivity index (χ4n) is 1.26. The molecule has 0 fully saturated rings. The van der Waals surface area contributed by atoms with Crippen LogP contribution in [0.5, 0.6) is 0 Å². The lowest BCUT2D eigenvalue weighted by Gasteiger charge is -2.02. The van der Waals surface area contributed by atoms with Crippen LogP contribution in [0.4, 0.5) is 0 Å². The molecule has 0 atom stereocenters. The molecule has 5 heteroatoms. The average Bonchev–Trinajstić information content (AvgIpc) is 2.71. The molecule has 0 aliphatic heterocycles. The van der Waals surface area contributed by atoms with Crippen LogP contribution in [0.3, 0.4) is 0 Å². The van der Waals surface area contributed by atoms with Gasteiger partial charge < -0.3 is 5.32 Å². The van der Waals surface area contributed by atoms with E-state index >= 15 is 0 Å². The third-order valence-electron chi connectivity index (χ3n) is 1.95. The van der Waals surface area contributed by atoms with Gasteiger partial charge >= 0.3 is 0 Å². The number of H-pyrrole nitrogens is 1. The number of nitrogens with one attached hydrogen (secondary N) is 2. The Hall–Kier alpha value is -1.20. The van der Waals surface area contributed by atoms with Gasteiger partial charge in [-0.05, 0) is 34.1 Å². The maximum atomic E-state index is 4.32. The lowest BCUT2D eigenvalue weighted by Crippen LogP contribution is -2.13. The first-order valence-electron chi connectivity index (χ1n) is 4.65. The Kier molecular flexibility index (Phi) is 3.47. The predicted octanol–water partition coefficient (Wildman–Crippen LogP) is 1.86. The van der Waals surface area contributed by atoms with E-state index in [0.717, 1.165) is 29.1 Å². The fraction of sp³-hybridized carbons (Fsp3) is 0.200. The van der Waals surface area contributed by atoms with Crippen molar-refractivity contribution in [1.82, 2.24) is 20.5 Å². The summed E-state index contributed by atoms with van der Waals surface area (Å²) in [5.74, 6) is 0. The summed E-state index contributed by atoms with van der Waals surface area (Å²) in [5.41, 5.74) is 2.09. The van der Waals surface area contributed by atoms with Crippen molar-refractivity contribution in [2.75, 3.05) is 0 Å². The van der Waals surface area contributed by atoms with Gasteiger partial charge in [0.2, 0.25) is 0 Å². The zero-order valence-electron chi connectivity index (χ0n) is 8.07. The van der Waals surface area contributed by atoms with Crippen LogP contribution in [-0.2, 0) is 13.1 Å². The summed E-state index contributed by atoms with van der Waals surface area (Å²) in [5, 5.41) is 10.0. The molecule has 0 radical (unpaired) electrons. The van der Waals surface area contributed by atoms with Crippen LogP contribution in [0.25, 0.3) is 0 Å². The van der Waals surface area contributed by atoms with Gasteiger partial charge in [0.15, 0.2) is 0 Å². The molecule has 0 spiro atoms. The van der Waals surface area contributed by atoms with Crippen LogP contribution in [0.15, 0.2) is 35.1 Å². The second-order valence-corrected chi connectivity index (χ2v) is 3.95. The minimum absolute atomic E-state index is 0.748. The summed E-state index contributed by atoms with van der Waals surface area (Å²) in [6.45, 7) is 1.52. The molecule has 0 bridgehead atoms. The van der Waals surface area contributed by atoms with Crippen molar-refractivity contribution < 1.29 is 0 Å². The number of hydrogen-bond donors (Lipinski definition) is 2. The Morgan fingerprint density at radius 2 is 2.20 bits per heavy atom. The van der Waals surface area contributed by atoms with Crippen molar-refractivity contribution in [3.8, 4) is 0 Å². The maximum absolute atomic E-state index is 4.32. The SMILES string of the molecule is Brc1cccc(CNCc2ccn[nH]2)n1. The van der Waals surface area contributed by atoms with Gasteiger partial charge in [0.1, 0.15) is 4.60 Å². The number of hydrogen-bond acceptors (Lipinski definition) is 3. The van der Waals surface area contributed by atoms with Crippen LogP contribution < -0.4 is 5.32 Å². The van der Waals surface area contributed by atoms with E-state index in [9.17, 15) is 0 Å². The van der Waals surface area contributed by atoms with E-state index < -0.39 is 0 Å². The number of aromatic nitrogens is 3. The van der Waals surface area contributed by atoms with E-state index in [-0.39, 0.29) is 0 Å². The Morgan fingerprint density at radius 1 is 1.27 bits per heavy atom. The second-order valence-electron chi connectivity index (χ2n) is 3.14. The Bertz CT molecular complexity index is 413. The summed E-state index contributed by atoms with van der Waals surface area (Å²) in [6, 6.07) is 7.83. The van der Waals surface area contributed by atoms with Gasteiger partial charge in [-0.25, -0.2) is 4.98 Å². The molecule has 15 heavy (non-hydrogen) atoms. The Balaban J connectivity index is 1.83. The molecule has 0 aliphatic rings. The molecular weight excluding hydrogens is 256 g/mol. The number of rotatable bonds is 4. The minimum Gasteiger partial charge on any atom is -0.306 e. The summed E-state index contributed by atoms with van der Waals surface area (Å²) in [4.78, 5) is 4.32. The van der Waals surface area contributed by atoms with Crippen molar-refractivity contribution in [2.45, 2.75) is 13.1 Å². The van der Waals surface area contributed by atoms with Crippen molar-refractivity contribution in [1.29, 1.82) is 0 Å². The monoisotopic (exact) mass is 266 g/mol. The van der Waals surface area contributed by atoms with E-state index in [0.29, 0.717) is 0 Å². The van der Waals surface area contributed by atoms with E-state index in [1.807, 2.05) is 24.3 Å². The zero-order valence-corrected chi connectivity index (χ0v) is 9.66. The molecule has 0 aliphatic carbocycles. The first kappa shape index (κ1) is 10.3. The van der Waals surface area contributed by atoms with Crippen molar-refractivity contribution >= 4 is 15.9 Å². The fourth-order valence-corrected chi connectivity index (χ4v) is 1.64. The first-order valence-corrected chi connectivity index (χ1v) is 5.44. The summed E-state index contributed by atoms with van der Waals surface area (Å²) in [6.07, 6.45) is 1.74. The molecule has 4 nitrogen and oxygen atoms in total. The smallest absolute Gasteiger partial charge is 0.106 e. The molecule has 2 aromatic heterocycles. The van der Waals surface area contributed by atoms with Crippen molar-refractivity contribution in [3.63, 3.8) is 0 Å². The maximum Gasteiger partial charge on any atom is 0.106 e. The quantitative estimate of drug-likeness (QED) is 0.831. The third-order valence-corrected chi connectivity index (χ3v) is 2.39. The van der Waals surface area contributed by atoms with E-state index in [4.69, 9.17) is 0 Å². The average molecular weight is 267 g/mol. The molecular formula is C10H11BrN4. The van der Waals surface area contributed by atoms with Crippen LogP contribution >= 0.6 is 15.9 Å². The Labute approximate surface area is 96.3 Å². The van der Waals surface area contributed by atoms with E-state index in [2.05, 4.69) is 36.4 Å². The largest absolute Gasteiger partial charge is 0.306 e. The molecule has 2 heterocycles. The third kappa shape index (κ3) is 3.14. The molecule has 2 rings (SSSR count). The molecule has 2 aromatic rings. The Morgan fingerprint density at radius 3 is 2.93 bits per heavy atom. The lowest BCUT2D eigenvalue weighted by atomic mass is 10.3. The highest BCUT2D eigenvalue weighted by Crippen LogP contribution is 2.05.